The van der Waals surface area contributed by atoms with E-state index in [0.29, 0.717) is 6.61 Å². The van der Waals surface area contributed by atoms with Crippen LogP contribution in [0, 0.1) is 5.92 Å². The second-order valence-electron chi connectivity index (χ2n) is 4.42. The van der Waals surface area contributed by atoms with Gasteiger partial charge in [-0.1, -0.05) is 22.9 Å². The SMILES string of the molecule is CC(CBr)CN1CCCC1CCCO. The normalized spacial score (nSPS) is 25.5. The van der Waals surface area contributed by atoms with Crippen LogP contribution in [0.3, 0.4) is 0 Å². The third-order valence-electron chi connectivity index (χ3n) is 3.00. The van der Waals surface area contributed by atoms with Crippen LogP contribution in [0.1, 0.15) is 32.6 Å². The highest BCUT2D eigenvalue weighted by atomic mass is 79.9. The number of nitrogens with zero attached hydrogens (tertiary/aromatic N) is 1. The molecule has 3 heteroatoms. The second kappa shape index (κ2) is 6.81. The van der Waals surface area contributed by atoms with Crippen molar-refractivity contribution in [2.24, 2.45) is 5.92 Å². The maximum Gasteiger partial charge on any atom is 0.0431 e. The molecule has 0 saturated carbocycles. The number of rotatable bonds is 6. The summed E-state index contributed by atoms with van der Waals surface area (Å²) in [5.41, 5.74) is 0. The molecule has 0 aromatic carbocycles. The van der Waals surface area contributed by atoms with Gasteiger partial charge in [0.25, 0.3) is 0 Å². The van der Waals surface area contributed by atoms with Gasteiger partial charge in [-0.3, -0.25) is 0 Å². The Hall–Kier alpha value is 0.400. The Bertz CT molecular complexity index is 154. The molecule has 1 heterocycles. The van der Waals surface area contributed by atoms with Crippen molar-refractivity contribution in [3.05, 3.63) is 0 Å². The van der Waals surface area contributed by atoms with Crippen molar-refractivity contribution in [2.75, 3.05) is 25.0 Å². The van der Waals surface area contributed by atoms with E-state index in [2.05, 4.69) is 27.8 Å². The average Bonchev–Trinajstić information content (AvgIpc) is 2.62. The van der Waals surface area contributed by atoms with E-state index in [4.69, 9.17) is 5.11 Å². The molecule has 0 amide bonds. The lowest BCUT2D eigenvalue weighted by Crippen LogP contribution is -2.33. The molecule has 0 aromatic heterocycles. The zero-order chi connectivity index (χ0) is 10.4. The van der Waals surface area contributed by atoms with Crippen LogP contribution in [-0.2, 0) is 0 Å². The molecule has 1 N–H and O–H groups in total. The van der Waals surface area contributed by atoms with E-state index in [1.165, 1.54) is 32.4 Å². The zero-order valence-electron chi connectivity index (χ0n) is 9.08. The van der Waals surface area contributed by atoms with E-state index in [0.717, 1.165) is 23.7 Å². The standard InChI is InChI=1S/C11H22BrNO/c1-10(8-12)9-13-6-2-4-11(13)5-3-7-14/h10-11,14H,2-9H2,1H3. The predicted octanol–water partition coefficient (Wildman–Crippen LogP) is 2.25. The monoisotopic (exact) mass is 263 g/mol. The van der Waals surface area contributed by atoms with Crippen LogP contribution in [-0.4, -0.2) is 41.1 Å². The van der Waals surface area contributed by atoms with E-state index < -0.39 is 0 Å². The van der Waals surface area contributed by atoms with Crippen molar-refractivity contribution in [3.63, 3.8) is 0 Å². The molecule has 0 radical (unpaired) electrons. The van der Waals surface area contributed by atoms with Gasteiger partial charge in [0.15, 0.2) is 0 Å². The molecular weight excluding hydrogens is 242 g/mol. The average molecular weight is 264 g/mol. The molecule has 14 heavy (non-hydrogen) atoms. The van der Waals surface area contributed by atoms with Crippen LogP contribution in [0.2, 0.25) is 0 Å². The molecule has 2 atom stereocenters. The number of aliphatic hydroxyl groups is 1. The second-order valence-corrected chi connectivity index (χ2v) is 5.06. The fourth-order valence-corrected chi connectivity index (χ4v) is 2.44. The molecule has 1 fully saturated rings. The van der Waals surface area contributed by atoms with Gasteiger partial charge in [0, 0.05) is 24.5 Å². The fourth-order valence-electron chi connectivity index (χ4n) is 2.24. The smallest absolute Gasteiger partial charge is 0.0431 e. The number of hydrogen-bond donors (Lipinski definition) is 1. The first-order valence-electron chi connectivity index (χ1n) is 5.68. The Labute approximate surface area is 95.8 Å². The molecule has 84 valence electrons. The van der Waals surface area contributed by atoms with Crippen LogP contribution in [0.25, 0.3) is 0 Å². The molecule has 1 saturated heterocycles. The Morgan fingerprint density at radius 3 is 3.00 bits per heavy atom. The van der Waals surface area contributed by atoms with Crippen molar-refractivity contribution in [1.29, 1.82) is 0 Å². The quantitative estimate of drug-likeness (QED) is 0.744. The first-order valence-corrected chi connectivity index (χ1v) is 6.81. The van der Waals surface area contributed by atoms with Gasteiger partial charge in [-0.05, 0) is 38.1 Å². The van der Waals surface area contributed by atoms with Crippen LogP contribution in [0.15, 0.2) is 0 Å². The summed E-state index contributed by atoms with van der Waals surface area (Å²) < 4.78 is 0. The summed E-state index contributed by atoms with van der Waals surface area (Å²) in [4.78, 5) is 2.60. The number of alkyl halides is 1. The molecule has 0 aromatic rings. The van der Waals surface area contributed by atoms with Crippen LogP contribution < -0.4 is 0 Å². The lowest BCUT2D eigenvalue weighted by Gasteiger charge is -2.26. The molecule has 2 unspecified atom stereocenters. The topological polar surface area (TPSA) is 23.5 Å². The Balaban J connectivity index is 2.27. The minimum atomic E-state index is 0.346. The molecule has 1 aliphatic rings. The van der Waals surface area contributed by atoms with E-state index in [1.54, 1.807) is 0 Å². The number of hydrogen-bond acceptors (Lipinski definition) is 2. The molecule has 0 spiro atoms. The number of aliphatic hydroxyl groups excluding tert-OH is 1. The van der Waals surface area contributed by atoms with E-state index in [-0.39, 0.29) is 0 Å². The predicted molar refractivity (Wildman–Crippen MR) is 63.9 cm³/mol. The van der Waals surface area contributed by atoms with Gasteiger partial charge in [0.1, 0.15) is 0 Å². The van der Waals surface area contributed by atoms with Crippen LogP contribution in [0.5, 0.6) is 0 Å². The summed E-state index contributed by atoms with van der Waals surface area (Å²) in [5.74, 6) is 0.740. The van der Waals surface area contributed by atoms with Gasteiger partial charge >= 0.3 is 0 Å². The van der Waals surface area contributed by atoms with Crippen molar-refractivity contribution >= 4 is 15.9 Å². The zero-order valence-corrected chi connectivity index (χ0v) is 10.7. The highest BCUT2D eigenvalue weighted by molar-refractivity contribution is 9.09. The highest BCUT2D eigenvalue weighted by Gasteiger charge is 2.24. The van der Waals surface area contributed by atoms with Gasteiger partial charge < -0.3 is 10.0 Å². The Morgan fingerprint density at radius 2 is 2.36 bits per heavy atom. The molecule has 0 bridgehead atoms. The molecule has 2 nitrogen and oxygen atoms in total. The molecule has 1 rings (SSSR count). The van der Waals surface area contributed by atoms with Gasteiger partial charge in [0.2, 0.25) is 0 Å². The van der Waals surface area contributed by atoms with E-state index >= 15 is 0 Å². The summed E-state index contributed by atoms with van der Waals surface area (Å²) >= 11 is 3.53. The highest BCUT2D eigenvalue weighted by Crippen LogP contribution is 2.22. The maximum absolute atomic E-state index is 8.81. The van der Waals surface area contributed by atoms with Crippen LogP contribution in [0.4, 0.5) is 0 Å². The molecule has 1 aliphatic heterocycles. The van der Waals surface area contributed by atoms with Gasteiger partial charge in [0.05, 0.1) is 0 Å². The first-order chi connectivity index (χ1) is 6.77. The van der Waals surface area contributed by atoms with Gasteiger partial charge in [-0.2, -0.15) is 0 Å². The summed E-state index contributed by atoms with van der Waals surface area (Å²) in [7, 11) is 0. The third-order valence-corrected chi connectivity index (χ3v) is 4.11. The van der Waals surface area contributed by atoms with Crippen LogP contribution >= 0.6 is 15.9 Å². The third kappa shape index (κ3) is 3.87. The van der Waals surface area contributed by atoms with Gasteiger partial charge in [-0.25, -0.2) is 0 Å². The fraction of sp³-hybridized carbons (Fsp3) is 1.00. The maximum atomic E-state index is 8.81. The molecule has 0 aliphatic carbocycles. The number of halogens is 1. The van der Waals surface area contributed by atoms with Crippen molar-refractivity contribution in [1.82, 2.24) is 4.90 Å². The Morgan fingerprint density at radius 1 is 1.57 bits per heavy atom. The summed E-state index contributed by atoms with van der Waals surface area (Å²) in [6.07, 6.45) is 4.80. The summed E-state index contributed by atoms with van der Waals surface area (Å²) in [6, 6.07) is 0.739. The largest absolute Gasteiger partial charge is 0.396 e. The number of likely N-dealkylation sites (tertiary alicyclic amines) is 1. The summed E-state index contributed by atoms with van der Waals surface area (Å²) in [5, 5.41) is 9.91. The van der Waals surface area contributed by atoms with E-state index in [9.17, 15) is 0 Å². The minimum Gasteiger partial charge on any atom is -0.396 e. The lowest BCUT2D eigenvalue weighted by molar-refractivity contribution is 0.200. The van der Waals surface area contributed by atoms with Crippen molar-refractivity contribution in [3.8, 4) is 0 Å². The van der Waals surface area contributed by atoms with Gasteiger partial charge in [-0.15, -0.1) is 0 Å². The van der Waals surface area contributed by atoms with Crippen molar-refractivity contribution in [2.45, 2.75) is 38.6 Å². The molecular formula is C11H22BrNO. The lowest BCUT2D eigenvalue weighted by atomic mass is 10.1. The van der Waals surface area contributed by atoms with E-state index in [1.807, 2.05) is 0 Å². The Kier molecular flexibility index (Phi) is 6.06. The minimum absolute atomic E-state index is 0.346. The summed E-state index contributed by atoms with van der Waals surface area (Å²) in [6.45, 7) is 5.10. The van der Waals surface area contributed by atoms with Crippen molar-refractivity contribution < 1.29 is 5.11 Å². The first kappa shape index (κ1) is 12.5.